The van der Waals surface area contributed by atoms with E-state index in [1.54, 1.807) is 0 Å². The molecule has 1 aliphatic rings. The van der Waals surface area contributed by atoms with Gasteiger partial charge < -0.3 is 10.1 Å². The highest BCUT2D eigenvalue weighted by atomic mass is 127. The predicted octanol–water partition coefficient (Wildman–Crippen LogP) is 2.24. The first-order chi connectivity index (χ1) is 8.14. The Morgan fingerprint density at radius 3 is 2.71 bits per heavy atom. The zero-order valence-corrected chi connectivity index (χ0v) is 11.9. The van der Waals surface area contributed by atoms with Gasteiger partial charge in [0.15, 0.2) is 5.60 Å². The summed E-state index contributed by atoms with van der Waals surface area (Å²) in [7, 11) is 0. The molecule has 0 radical (unpaired) electrons. The summed E-state index contributed by atoms with van der Waals surface area (Å²) in [6.07, 6.45) is 0.839. The Bertz CT molecular complexity index is 386. The normalized spacial score (nSPS) is 25.5. The molecule has 1 heterocycles. The van der Waals surface area contributed by atoms with Gasteiger partial charge in [-0.05, 0) is 19.0 Å². The fraction of sp³-hybridized carbons (Fsp3) is 0.462. The minimum absolute atomic E-state index is 0.117. The molecule has 1 fully saturated rings. The lowest BCUT2D eigenvalue weighted by atomic mass is 9.92. The molecule has 1 aromatic rings. The summed E-state index contributed by atoms with van der Waals surface area (Å²) < 4.78 is 5.62. The first-order valence-electron chi connectivity index (χ1n) is 5.77. The number of carbonyl (C=O) groups is 1. The highest BCUT2D eigenvalue weighted by molar-refractivity contribution is 14.1. The predicted molar refractivity (Wildman–Crippen MR) is 75.2 cm³/mol. The number of benzene rings is 1. The molecule has 0 amide bonds. The Morgan fingerprint density at radius 1 is 1.47 bits per heavy atom. The minimum Gasteiger partial charge on any atom is -0.452 e. The van der Waals surface area contributed by atoms with Gasteiger partial charge in [0.05, 0.1) is 0 Å². The Kier molecular flexibility index (Phi) is 4.04. The van der Waals surface area contributed by atoms with E-state index in [2.05, 4.69) is 27.9 Å². The van der Waals surface area contributed by atoms with Crippen LogP contribution in [0.2, 0.25) is 0 Å². The molecule has 3 nitrogen and oxygen atoms in total. The summed E-state index contributed by atoms with van der Waals surface area (Å²) in [5, 5.41) is 3.28. The first-order valence-corrected chi connectivity index (χ1v) is 7.02. The van der Waals surface area contributed by atoms with Gasteiger partial charge in [-0.3, -0.25) is 4.79 Å². The van der Waals surface area contributed by atoms with E-state index in [9.17, 15) is 4.79 Å². The van der Waals surface area contributed by atoms with E-state index < -0.39 is 5.60 Å². The maximum absolute atomic E-state index is 11.8. The standard InChI is InChI=1S/C13H16INO2/c1-10(14)12(16)17-13(7-8-15-9-13)11-5-3-2-4-6-11/h2-6,10,15H,7-9H2,1H3. The van der Waals surface area contributed by atoms with Crippen LogP contribution in [0.3, 0.4) is 0 Å². The SMILES string of the molecule is CC(I)C(=O)OC1(c2ccccc2)CCNC1. The van der Waals surface area contributed by atoms with Crippen molar-refractivity contribution in [3.05, 3.63) is 35.9 Å². The van der Waals surface area contributed by atoms with E-state index in [1.807, 2.05) is 37.3 Å². The zero-order chi connectivity index (χ0) is 12.3. The van der Waals surface area contributed by atoms with E-state index in [0.717, 1.165) is 18.5 Å². The van der Waals surface area contributed by atoms with Gasteiger partial charge in [-0.2, -0.15) is 0 Å². The molecule has 0 saturated carbocycles. The molecule has 1 saturated heterocycles. The summed E-state index contributed by atoms with van der Waals surface area (Å²) in [4.78, 5) is 11.8. The number of rotatable bonds is 3. The summed E-state index contributed by atoms with van der Waals surface area (Å²) in [6.45, 7) is 3.44. The van der Waals surface area contributed by atoms with Gasteiger partial charge in [0.2, 0.25) is 0 Å². The molecule has 0 aliphatic carbocycles. The van der Waals surface area contributed by atoms with Crippen molar-refractivity contribution >= 4 is 28.6 Å². The number of ether oxygens (including phenoxy) is 1. The molecule has 92 valence electrons. The molecule has 4 heteroatoms. The van der Waals surface area contributed by atoms with Crippen LogP contribution in [0.25, 0.3) is 0 Å². The molecular weight excluding hydrogens is 329 g/mol. The largest absolute Gasteiger partial charge is 0.452 e. The highest BCUT2D eigenvalue weighted by Gasteiger charge is 2.40. The number of nitrogens with one attached hydrogen (secondary N) is 1. The topological polar surface area (TPSA) is 38.3 Å². The summed E-state index contributed by atoms with van der Waals surface area (Å²) in [6, 6.07) is 9.99. The fourth-order valence-corrected chi connectivity index (χ4v) is 2.20. The van der Waals surface area contributed by atoms with Crippen molar-refractivity contribution in [1.82, 2.24) is 5.32 Å². The number of hydrogen-bond acceptors (Lipinski definition) is 3. The molecule has 0 spiro atoms. The summed E-state index contributed by atoms with van der Waals surface area (Å²) in [5.74, 6) is -0.141. The molecular formula is C13H16INO2. The number of alkyl halides is 1. The Labute approximate surface area is 115 Å². The lowest BCUT2D eigenvalue weighted by molar-refractivity contribution is -0.157. The van der Waals surface area contributed by atoms with Crippen molar-refractivity contribution < 1.29 is 9.53 Å². The average molecular weight is 345 g/mol. The molecule has 0 bridgehead atoms. The van der Waals surface area contributed by atoms with Crippen molar-refractivity contribution in [2.24, 2.45) is 0 Å². The monoisotopic (exact) mass is 345 g/mol. The maximum Gasteiger partial charge on any atom is 0.319 e. The third-order valence-corrected chi connectivity index (χ3v) is 3.55. The summed E-state index contributed by atoms with van der Waals surface area (Å²) >= 11 is 2.09. The van der Waals surface area contributed by atoms with E-state index in [-0.39, 0.29) is 9.89 Å². The van der Waals surface area contributed by atoms with Gasteiger partial charge in [-0.15, -0.1) is 0 Å². The van der Waals surface area contributed by atoms with Gasteiger partial charge in [0, 0.05) is 13.0 Å². The molecule has 2 unspecified atom stereocenters. The van der Waals surface area contributed by atoms with Crippen LogP contribution < -0.4 is 5.32 Å². The van der Waals surface area contributed by atoms with Gasteiger partial charge >= 0.3 is 5.97 Å². The Morgan fingerprint density at radius 2 is 2.18 bits per heavy atom. The van der Waals surface area contributed by atoms with Crippen molar-refractivity contribution in [2.45, 2.75) is 22.9 Å². The second kappa shape index (κ2) is 5.35. The molecule has 1 aliphatic heterocycles. The Balaban J connectivity index is 2.24. The second-order valence-corrected chi connectivity index (χ2v) is 6.19. The van der Waals surface area contributed by atoms with Crippen LogP contribution in [-0.4, -0.2) is 23.0 Å². The van der Waals surface area contributed by atoms with Crippen molar-refractivity contribution in [1.29, 1.82) is 0 Å². The molecule has 1 aromatic carbocycles. The lowest BCUT2D eigenvalue weighted by Gasteiger charge is -2.29. The van der Waals surface area contributed by atoms with Crippen molar-refractivity contribution in [2.75, 3.05) is 13.1 Å². The molecule has 1 N–H and O–H groups in total. The third-order valence-electron chi connectivity index (χ3n) is 3.04. The van der Waals surface area contributed by atoms with Crippen LogP contribution in [0.1, 0.15) is 18.9 Å². The van der Waals surface area contributed by atoms with Gasteiger partial charge in [-0.1, -0.05) is 52.9 Å². The quantitative estimate of drug-likeness (QED) is 0.519. The third kappa shape index (κ3) is 2.80. The molecule has 2 atom stereocenters. The number of esters is 1. The smallest absolute Gasteiger partial charge is 0.319 e. The summed E-state index contributed by atoms with van der Waals surface area (Å²) in [5.41, 5.74) is 0.605. The van der Waals surface area contributed by atoms with Crippen molar-refractivity contribution in [3.63, 3.8) is 0 Å². The fourth-order valence-electron chi connectivity index (χ4n) is 2.08. The molecule has 0 aromatic heterocycles. The maximum atomic E-state index is 11.8. The van der Waals surface area contributed by atoms with Crippen LogP contribution in [0, 0.1) is 0 Å². The Hall–Kier alpha value is -0.620. The number of carbonyl (C=O) groups excluding carboxylic acids is 1. The van der Waals surface area contributed by atoms with Gasteiger partial charge in [0.25, 0.3) is 0 Å². The average Bonchev–Trinajstić information content (AvgIpc) is 2.80. The van der Waals surface area contributed by atoms with E-state index in [0.29, 0.717) is 6.54 Å². The van der Waals surface area contributed by atoms with E-state index in [4.69, 9.17) is 4.74 Å². The van der Waals surface area contributed by atoms with Crippen LogP contribution >= 0.6 is 22.6 Å². The minimum atomic E-state index is -0.474. The van der Waals surface area contributed by atoms with Crippen LogP contribution in [-0.2, 0) is 15.1 Å². The number of hydrogen-bond donors (Lipinski definition) is 1. The van der Waals surface area contributed by atoms with Gasteiger partial charge in [-0.25, -0.2) is 0 Å². The van der Waals surface area contributed by atoms with Crippen molar-refractivity contribution in [3.8, 4) is 0 Å². The van der Waals surface area contributed by atoms with Crippen LogP contribution in [0.5, 0.6) is 0 Å². The number of halogens is 1. The van der Waals surface area contributed by atoms with Crippen LogP contribution in [0.4, 0.5) is 0 Å². The zero-order valence-electron chi connectivity index (χ0n) is 9.78. The first kappa shape index (κ1) is 12.8. The molecule has 17 heavy (non-hydrogen) atoms. The van der Waals surface area contributed by atoms with E-state index >= 15 is 0 Å². The van der Waals surface area contributed by atoms with Crippen LogP contribution in [0.15, 0.2) is 30.3 Å². The van der Waals surface area contributed by atoms with E-state index in [1.165, 1.54) is 0 Å². The lowest BCUT2D eigenvalue weighted by Crippen LogP contribution is -2.36. The van der Waals surface area contributed by atoms with Gasteiger partial charge in [0.1, 0.15) is 3.92 Å². The highest BCUT2D eigenvalue weighted by Crippen LogP contribution is 2.32. The molecule has 2 rings (SSSR count). The second-order valence-electron chi connectivity index (χ2n) is 4.32.